The normalized spacial score (nSPS) is 11.5. The van der Waals surface area contributed by atoms with E-state index in [2.05, 4.69) is 9.59 Å². The quantitative estimate of drug-likeness (QED) is 0.502. The van der Waals surface area contributed by atoms with Crippen molar-refractivity contribution in [2.45, 2.75) is 18.2 Å². The van der Waals surface area contributed by atoms with Crippen molar-refractivity contribution in [3.63, 3.8) is 0 Å². The molecular formula is C15H19N3O5S2. The highest BCUT2D eigenvalue weighted by Gasteiger charge is 2.17. The molecule has 136 valence electrons. The molecule has 0 saturated carbocycles. The summed E-state index contributed by atoms with van der Waals surface area (Å²) in [6.45, 7) is 2.10. The Bertz CT molecular complexity index is 816. The van der Waals surface area contributed by atoms with Gasteiger partial charge in [0.2, 0.25) is 10.0 Å². The van der Waals surface area contributed by atoms with Gasteiger partial charge in [-0.3, -0.25) is 0 Å². The lowest BCUT2D eigenvalue weighted by molar-refractivity contribution is 0.0454. The second-order valence-electron chi connectivity index (χ2n) is 5.15. The fourth-order valence-corrected chi connectivity index (χ4v) is 3.42. The van der Waals surface area contributed by atoms with E-state index in [1.165, 1.54) is 26.2 Å². The number of benzene rings is 1. The number of carbonyl (C=O) groups excluding carboxylic acids is 1. The Morgan fingerprint density at radius 2 is 1.88 bits per heavy atom. The molecule has 0 bridgehead atoms. The first kappa shape index (κ1) is 19.3. The van der Waals surface area contributed by atoms with Crippen LogP contribution in [0.3, 0.4) is 0 Å². The summed E-state index contributed by atoms with van der Waals surface area (Å²) in [4.78, 5) is 12.5. The van der Waals surface area contributed by atoms with Crippen molar-refractivity contribution in [3.05, 3.63) is 34.8 Å². The first-order valence-corrected chi connectivity index (χ1v) is 9.71. The molecule has 1 aromatic carbocycles. The van der Waals surface area contributed by atoms with Crippen LogP contribution in [0, 0.1) is 0 Å². The van der Waals surface area contributed by atoms with E-state index >= 15 is 0 Å². The molecule has 8 nitrogen and oxygen atoms in total. The van der Waals surface area contributed by atoms with Gasteiger partial charge >= 0.3 is 5.97 Å². The molecule has 1 heterocycles. The second kappa shape index (κ2) is 8.37. The van der Waals surface area contributed by atoms with Gasteiger partial charge in [-0.25, -0.2) is 17.5 Å². The number of esters is 1. The van der Waals surface area contributed by atoms with Crippen LogP contribution in [0.1, 0.15) is 22.3 Å². The molecule has 0 aliphatic rings. The molecule has 0 atom stereocenters. The van der Waals surface area contributed by atoms with Gasteiger partial charge in [0.15, 0.2) is 4.88 Å². The molecule has 0 aliphatic carbocycles. The predicted octanol–water partition coefficient (Wildman–Crippen LogP) is 1.59. The summed E-state index contributed by atoms with van der Waals surface area (Å²) in [7, 11) is -0.526. The van der Waals surface area contributed by atoms with Crippen molar-refractivity contribution in [1.29, 1.82) is 0 Å². The van der Waals surface area contributed by atoms with Gasteiger partial charge < -0.3 is 9.47 Å². The molecule has 0 aliphatic heterocycles. The van der Waals surface area contributed by atoms with Gasteiger partial charge in [0.25, 0.3) is 0 Å². The molecule has 0 fully saturated rings. The Morgan fingerprint density at radius 1 is 1.20 bits per heavy atom. The summed E-state index contributed by atoms with van der Waals surface area (Å²) in [5, 5.41) is 3.86. The number of ether oxygens (including phenoxy) is 2. The van der Waals surface area contributed by atoms with Crippen LogP contribution in [-0.2, 0) is 21.2 Å². The van der Waals surface area contributed by atoms with E-state index in [1.807, 2.05) is 6.92 Å². The smallest absolute Gasteiger partial charge is 0.352 e. The van der Waals surface area contributed by atoms with Gasteiger partial charge in [-0.1, -0.05) is 11.4 Å². The average molecular weight is 385 g/mol. The summed E-state index contributed by atoms with van der Waals surface area (Å²) in [5.41, 5.74) is 0.619. The Kier molecular flexibility index (Phi) is 6.45. The van der Waals surface area contributed by atoms with Gasteiger partial charge in [0, 0.05) is 14.1 Å². The topological polar surface area (TPSA) is 98.7 Å². The number of sulfonamides is 1. The number of nitrogens with zero attached hydrogens (tertiary/aromatic N) is 3. The van der Waals surface area contributed by atoms with E-state index in [9.17, 15) is 13.2 Å². The zero-order valence-corrected chi connectivity index (χ0v) is 15.8. The lowest BCUT2D eigenvalue weighted by atomic mass is 10.3. The van der Waals surface area contributed by atoms with Crippen LogP contribution < -0.4 is 4.74 Å². The van der Waals surface area contributed by atoms with Crippen molar-refractivity contribution >= 4 is 27.5 Å². The third kappa shape index (κ3) is 4.74. The van der Waals surface area contributed by atoms with Crippen molar-refractivity contribution in [2.24, 2.45) is 0 Å². The van der Waals surface area contributed by atoms with Crippen molar-refractivity contribution in [1.82, 2.24) is 13.9 Å². The zero-order valence-electron chi connectivity index (χ0n) is 14.1. The molecule has 25 heavy (non-hydrogen) atoms. The molecule has 0 unspecified atom stereocenters. The standard InChI is InChI=1S/C15H19N3O5S2/c1-4-13-14(24-17-16-13)15(19)23-10-9-22-11-5-7-12(8-6-11)25(20,21)18(2)3/h5-8H,4,9-10H2,1-3H3. The van der Waals surface area contributed by atoms with Crippen LogP contribution in [0.15, 0.2) is 29.2 Å². The number of carbonyl (C=O) groups is 1. The summed E-state index contributed by atoms with van der Waals surface area (Å²) in [5.74, 6) is 0.0188. The minimum absolute atomic E-state index is 0.0671. The highest BCUT2D eigenvalue weighted by Crippen LogP contribution is 2.18. The van der Waals surface area contributed by atoms with Gasteiger partial charge in [0.05, 0.1) is 10.6 Å². The summed E-state index contributed by atoms with van der Waals surface area (Å²) >= 11 is 1.01. The molecule has 0 saturated heterocycles. The van der Waals surface area contributed by atoms with Crippen LogP contribution in [0.25, 0.3) is 0 Å². The van der Waals surface area contributed by atoms with E-state index in [0.717, 1.165) is 15.8 Å². The van der Waals surface area contributed by atoms with Gasteiger partial charge in [-0.15, -0.1) is 5.10 Å². The van der Waals surface area contributed by atoms with Gasteiger partial charge in [0.1, 0.15) is 19.0 Å². The summed E-state index contributed by atoms with van der Waals surface area (Å²) in [6, 6.07) is 6.04. The lowest BCUT2D eigenvalue weighted by Gasteiger charge is -2.12. The van der Waals surface area contributed by atoms with Crippen LogP contribution in [0.2, 0.25) is 0 Å². The van der Waals surface area contributed by atoms with Crippen molar-refractivity contribution in [2.75, 3.05) is 27.3 Å². The maximum Gasteiger partial charge on any atom is 0.352 e. The molecule has 2 aromatic rings. The first-order valence-electron chi connectivity index (χ1n) is 7.50. The van der Waals surface area contributed by atoms with E-state index in [0.29, 0.717) is 22.7 Å². The van der Waals surface area contributed by atoms with Crippen molar-refractivity contribution in [3.8, 4) is 5.75 Å². The fourth-order valence-electron chi connectivity index (χ4n) is 1.87. The highest BCUT2D eigenvalue weighted by molar-refractivity contribution is 7.89. The minimum atomic E-state index is -3.46. The largest absolute Gasteiger partial charge is 0.490 e. The van der Waals surface area contributed by atoms with Crippen LogP contribution in [-0.4, -0.2) is 55.6 Å². The van der Waals surface area contributed by atoms with Crippen LogP contribution in [0.5, 0.6) is 5.75 Å². The van der Waals surface area contributed by atoms with E-state index in [-0.39, 0.29) is 18.1 Å². The van der Waals surface area contributed by atoms with E-state index in [4.69, 9.17) is 9.47 Å². The highest BCUT2D eigenvalue weighted by atomic mass is 32.2. The zero-order chi connectivity index (χ0) is 18.4. The molecule has 2 rings (SSSR count). The molecular weight excluding hydrogens is 366 g/mol. The Morgan fingerprint density at radius 3 is 2.48 bits per heavy atom. The Labute approximate surface area is 150 Å². The number of aromatic nitrogens is 2. The Hall–Kier alpha value is -2.04. The molecule has 0 N–H and O–H groups in total. The molecule has 0 spiro atoms. The van der Waals surface area contributed by atoms with Crippen LogP contribution >= 0.6 is 11.5 Å². The first-order chi connectivity index (χ1) is 11.9. The van der Waals surface area contributed by atoms with Crippen LogP contribution in [0.4, 0.5) is 0 Å². The van der Waals surface area contributed by atoms with E-state index in [1.54, 1.807) is 12.1 Å². The molecule has 0 amide bonds. The number of hydrogen-bond acceptors (Lipinski definition) is 8. The maximum absolute atomic E-state index is 12.0. The molecule has 1 aromatic heterocycles. The van der Waals surface area contributed by atoms with E-state index < -0.39 is 16.0 Å². The molecule has 0 radical (unpaired) electrons. The number of aryl methyl sites for hydroxylation is 1. The summed E-state index contributed by atoms with van der Waals surface area (Å²) < 4.78 is 39.4. The monoisotopic (exact) mass is 385 g/mol. The van der Waals surface area contributed by atoms with Gasteiger partial charge in [-0.05, 0) is 42.2 Å². The fraction of sp³-hybridized carbons (Fsp3) is 0.400. The Balaban J connectivity index is 1.83. The molecule has 10 heteroatoms. The lowest BCUT2D eigenvalue weighted by Crippen LogP contribution is -2.22. The number of hydrogen-bond donors (Lipinski definition) is 0. The second-order valence-corrected chi connectivity index (χ2v) is 8.05. The maximum atomic E-state index is 12.0. The van der Waals surface area contributed by atoms with Gasteiger partial charge in [-0.2, -0.15) is 0 Å². The number of rotatable bonds is 8. The third-order valence-corrected chi connectivity index (χ3v) is 5.84. The van der Waals surface area contributed by atoms with Crippen molar-refractivity contribution < 1.29 is 22.7 Å². The summed E-state index contributed by atoms with van der Waals surface area (Å²) in [6.07, 6.45) is 0.611. The SMILES string of the molecule is CCc1nnsc1C(=O)OCCOc1ccc(S(=O)(=O)N(C)C)cc1. The predicted molar refractivity (Wildman–Crippen MR) is 92.4 cm³/mol. The third-order valence-electron chi connectivity index (χ3n) is 3.26. The average Bonchev–Trinajstić information content (AvgIpc) is 3.07. The minimum Gasteiger partial charge on any atom is -0.490 e.